The first-order valence-corrected chi connectivity index (χ1v) is 5.88. The molecule has 0 atom stereocenters. The molecule has 0 fully saturated rings. The first-order valence-electron chi connectivity index (χ1n) is 5.88. The monoisotopic (exact) mass is 256 g/mol. The number of rotatable bonds is 4. The molecule has 2 N–H and O–H groups in total. The molecule has 3 heterocycles. The molecule has 7 nitrogen and oxygen atoms in total. The number of H-pyrrole nitrogens is 2. The molecule has 0 amide bonds. The Hall–Kier alpha value is -2.70. The fourth-order valence-electron chi connectivity index (χ4n) is 1.90. The number of aromatic amines is 2. The van der Waals surface area contributed by atoms with E-state index in [4.69, 9.17) is 0 Å². The van der Waals surface area contributed by atoms with Gasteiger partial charge in [-0.2, -0.15) is 5.10 Å². The Morgan fingerprint density at radius 1 is 1.21 bits per heavy atom. The highest BCUT2D eigenvalue weighted by Gasteiger charge is 2.06. The Morgan fingerprint density at radius 2 is 2.05 bits per heavy atom. The van der Waals surface area contributed by atoms with Crippen molar-refractivity contribution in [1.82, 2.24) is 29.7 Å². The van der Waals surface area contributed by atoms with Crippen LogP contribution in [0, 0.1) is 0 Å². The smallest absolute Gasteiger partial charge is 0.331 e. The molecule has 0 spiro atoms. The van der Waals surface area contributed by atoms with Gasteiger partial charge in [0.05, 0.1) is 0 Å². The van der Waals surface area contributed by atoms with E-state index in [-0.39, 0.29) is 5.69 Å². The van der Waals surface area contributed by atoms with Crippen molar-refractivity contribution in [3.8, 4) is 11.4 Å². The summed E-state index contributed by atoms with van der Waals surface area (Å²) in [6.45, 7) is 0.693. The summed E-state index contributed by atoms with van der Waals surface area (Å²) in [5.74, 6) is 1.51. The van der Waals surface area contributed by atoms with Gasteiger partial charge in [0.2, 0.25) is 0 Å². The Bertz CT molecular complexity index is 711. The van der Waals surface area contributed by atoms with E-state index < -0.39 is 0 Å². The van der Waals surface area contributed by atoms with Crippen LogP contribution in [-0.4, -0.2) is 29.7 Å². The standard InChI is InChI=1S/C12H12N6O/c19-12-15-10(16-17-12)3-7-18-8-6-14-11(18)9-1-4-13-5-2-9/h1-2,4-6,8H,3,7H2,(H2,15,16,17,19). The minimum absolute atomic E-state index is 0.282. The maximum atomic E-state index is 10.9. The highest BCUT2D eigenvalue weighted by molar-refractivity contribution is 5.54. The minimum Gasteiger partial charge on any atom is -0.331 e. The zero-order valence-electron chi connectivity index (χ0n) is 10.1. The van der Waals surface area contributed by atoms with E-state index in [1.807, 2.05) is 22.9 Å². The van der Waals surface area contributed by atoms with Crippen molar-refractivity contribution in [2.45, 2.75) is 13.0 Å². The van der Waals surface area contributed by atoms with Gasteiger partial charge in [-0.05, 0) is 12.1 Å². The predicted molar refractivity (Wildman–Crippen MR) is 68.4 cm³/mol. The SMILES string of the molecule is O=c1[nH]nc(CCn2ccnc2-c2ccncc2)[nH]1. The second kappa shape index (κ2) is 4.89. The molecular weight excluding hydrogens is 244 g/mol. The van der Waals surface area contributed by atoms with Crippen LogP contribution in [0.15, 0.2) is 41.7 Å². The molecule has 0 saturated carbocycles. The largest absolute Gasteiger partial charge is 0.340 e. The Balaban J connectivity index is 1.79. The molecule has 19 heavy (non-hydrogen) atoms. The summed E-state index contributed by atoms with van der Waals surface area (Å²) in [6, 6.07) is 3.82. The molecule has 0 aliphatic rings. The van der Waals surface area contributed by atoms with Gasteiger partial charge in [0.25, 0.3) is 0 Å². The lowest BCUT2D eigenvalue weighted by Gasteiger charge is -2.06. The van der Waals surface area contributed by atoms with E-state index in [0.29, 0.717) is 18.8 Å². The van der Waals surface area contributed by atoms with Gasteiger partial charge in [0, 0.05) is 43.3 Å². The summed E-state index contributed by atoms with van der Waals surface area (Å²) in [5.41, 5.74) is 0.727. The van der Waals surface area contributed by atoms with E-state index in [2.05, 4.69) is 25.1 Å². The summed E-state index contributed by atoms with van der Waals surface area (Å²) in [6.07, 6.45) is 7.76. The second-order valence-electron chi connectivity index (χ2n) is 4.05. The van der Waals surface area contributed by atoms with Gasteiger partial charge < -0.3 is 4.57 Å². The predicted octanol–water partition coefficient (Wildman–Crippen LogP) is 0.599. The molecule has 0 radical (unpaired) electrons. The molecule has 0 aliphatic heterocycles. The second-order valence-corrected chi connectivity index (χ2v) is 4.05. The molecule has 3 rings (SSSR count). The van der Waals surface area contributed by atoms with Crippen molar-refractivity contribution < 1.29 is 0 Å². The topological polar surface area (TPSA) is 92.2 Å². The van der Waals surface area contributed by atoms with Crippen LogP contribution >= 0.6 is 0 Å². The van der Waals surface area contributed by atoms with Crippen LogP contribution in [0.1, 0.15) is 5.82 Å². The van der Waals surface area contributed by atoms with Gasteiger partial charge in [-0.1, -0.05) is 0 Å². The molecule has 96 valence electrons. The lowest BCUT2D eigenvalue weighted by Crippen LogP contribution is -2.05. The van der Waals surface area contributed by atoms with E-state index in [0.717, 1.165) is 11.4 Å². The van der Waals surface area contributed by atoms with Crippen molar-refractivity contribution in [3.05, 3.63) is 53.2 Å². The molecule has 0 unspecified atom stereocenters. The zero-order valence-corrected chi connectivity index (χ0v) is 10.1. The van der Waals surface area contributed by atoms with Crippen molar-refractivity contribution in [3.63, 3.8) is 0 Å². The summed E-state index contributed by atoms with van der Waals surface area (Å²) in [4.78, 5) is 21.9. The fourth-order valence-corrected chi connectivity index (χ4v) is 1.90. The zero-order chi connectivity index (χ0) is 13.1. The van der Waals surface area contributed by atoms with Crippen LogP contribution in [0.25, 0.3) is 11.4 Å². The number of aromatic nitrogens is 6. The summed E-state index contributed by atoms with van der Waals surface area (Å²) < 4.78 is 2.02. The maximum Gasteiger partial charge on any atom is 0.340 e. The van der Waals surface area contributed by atoms with Crippen LogP contribution < -0.4 is 5.69 Å². The van der Waals surface area contributed by atoms with E-state index >= 15 is 0 Å². The van der Waals surface area contributed by atoms with Crippen molar-refractivity contribution in [2.24, 2.45) is 0 Å². The highest BCUT2D eigenvalue weighted by atomic mass is 16.1. The van der Waals surface area contributed by atoms with Gasteiger partial charge >= 0.3 is 5.69 Å². The number of pyridine rings is 1. The number of hydrogen-bond acceptors (Lipinski definition) is 4. The Morgan fingerprint density at radius 3 is 2.79 bits per heavy atom. The van der Waals surface area contributed by atoms with Crippen LogP contribution in [-0.2, 0) is 13.0 Å². The van der Waals surface area contributed by atoms with Crippen molar-refractivity contribution >= 4 is 0 Å². The van der Waals surface area contributed by atoms with Gasteiger partial charge in [-0.25, -0.2) is 14.9 Å². The van der Waals surface area contributed by atoms with Crippen LogP contribution in [0.3, 0.4) is 0 Å². The molecule has 7 heteroatoms. The number of nitrogens with one attached hydrogen (secondary N) is 2. The molecule has 0 aliphatic carbocycles. The Kier molecular flexibility index (Phi) is 2.93. The lowest BCUT2D eigenvalue weighted by atomic mass is 10.2. The Labute approximate surface area is 108 Å². The van der Waals surface area contributed by atoms with Crippen molar-refractivity contribution in [1.29, 1.82) is 0 Å². The maximum absolute atomic E-state index is 10.9. The summed E-state index contributed by atoms with van der Waals surface area (Å²) in [7, 11) is 0. The number of imidazole rings is 1. The highest BCUT2D eigenvalue weighted by Crippen LogP contribution is 2.16. The van der Waals surface area contributed by atoms with Crippen LogP contribution in [0.2, 0.25) is 0 Å². The minimum atomic E-state index is -0.282. The van der Waals surface area contributed by atoms with E-state index in [1.165, 1.54) is 0 Å². The average molecular weight is 256 g/mol. The molecule has 3 aromatic rings. The molecule has 0 saturated heterocycles. The van der Waals surface area contributed by atoms with Gasteiger partial charge in [-0.3, -0.25) is 9.97 Å². The molecule has 3 aromatic heterocycles. The van der Waals surface area contributed by atoms with Crippen molar-refractivity contribution in [2.75, 3.05) is 0 Å². The number of nitrogens with zero attached hydrogens (tertiary/aromatic N) is 4. The summed E-state index contributed by atoms with van der Waals surface area (Å²) in [5, 5.41) is 6.23. The third kappa shape index (κ3) is 2.44. The number of hydrogen-bond donors (Lipinski definition) is 2. The van der Waals surface area contributed by atoms with Gasteiger partial charge in [0.15, 0.2) is 0 Å². The first kappa shape index (κ1) is 11.4. The average Bonchev–Trinajstić information content (AvgIpc) is 3.06. The van der Waals surface area contributed by atoms with Crippen LogP contribution in [0.4, 0.5) is 0 Å². The lowest BCUT2D eigenvalue weighted by molar-refractivity contribution is 0.679. The fraction of sp³-hybridized carbons (Fsp3) is 0.167. The third-order valence-corrected chi connectivity index (χ3v) is 2.79. The quantitative estimate of drug-likeness (QED) is 0.715. The number of aryl methyl sites for hydroxylation is 2. The third-order valence-electron chi connectivity index (χ3n) is 2.79. The van der Waals surface area contributed by atoms with E-state index in [9.17, 15) is 4.79 Å². The normalized spacial score (nSPS) is 10.7. The molecule has 0 bridgehead atoms. The van der Waals surface area contributed by atoms with Gasteiger partial charge in [-0.15, -0.1) is 0 Å². The first-order chi connectivity index (χ1) is 9.33. The molecule has 0 aromatic carbocycles. The van der Waals surface area contributed by atoms with Gasteiger partial charge in [0.1, 0.15) is 11.6 Å². The van der Waals surface area contributed by atoms with E-state index in [1.54, 1.807) is 18.6 Å². The summed E-state index contributed by atoms with van der Waals surface area (Å²) >= 11 is 0. The van der Waals surface area contributed by atoms with Crippen LogP contribution in [0.5, 0.6) is 0 Å². The molecular formula is C12H12N6O.